The van der Waals surface area contributed by atoms with Crippen LogP contribution in [0.1, 0.15) is 28.4 Å². The second-order valence-corrected chi connectivity index (χ2v) is 9.29. The van der Waals surface area contributed by atoms with E-state index in [4.69, 9.17) is 9.47 Å². The van der Waals surface area contributed by atoms with Crippen molar-refractivity contribution in [1.29, 1.82) is 0 Å². The molecule has 4 heterocycles. The fraction of sp³-hybridized carbons (Fsp3) is 0.167. The van der Waals surface area contributed by atoms with E-state index in [9.17, 15) is 0 Å². The van der Waals surface area contributed by atoms with E-state index in [2.05, 4.69) is 87.8 Å². The van der Waals surface area contributed by atoms with Crippen molar-refractivity contribution in [2.24, 2.45) is 0 Å². The maximum absolute atomic E-state index is 5.71. The van der Waals surface area contributed by atoms with E-state index < -0.39 is 0 Å². The second kappa shape index (κ2) is 8.64. The number of hydrogen-bond acceptors (Lipinski definition) is 4. The standard InChI is InChI=1S/C30H26N4O2/c1-2-6-26-24(5-1)25-13-16-33(15-3-4-21-7-10-23(11-8-21)34-17-14-31-19-34)30(29(25)32-26)22-9-12-27-28(18-22)36-20-35-27/h1-3,5-12,14-15,17-19,30,32H,4,13,16,20H2/b15-3+. The van der Waals surface area contributed by atoms with Crippen molar-refractivity contribution in [3.8, 4) is 17.2 Å². The molecule has 1 atom stereocenters. The summed E-state index contributed by atoms with van der Waals surface area (Å²) >= 11 is 0. The van der Waals surface area contributed by atoms with Crippen LogP contribution in [0.4, 0.5) is 0 Å². The van der Waals surface area contributed by atoms with Crippen LogP contribution < -0.4 is 9.47 Å². The van der Waals surface area contributed by atoms with E-state index in [1.165, 1.54) is 33.3 Å². The molecule has 0 amide bonds. The zero-order valence-electron chi connectivity index (χ0n) is 19.8. The van der Waals surface area contributed by atoms with E-state index >= 15 is 0 Å². The summed E-state index contributed by atoms with van der Waals surface area (Å²) in [7, 11) is 0. The molecule has 0 saturated heterocycles. The first-order valence-electron chi connectivity index (χ1n) is 12.3. The van der Waals surface area contributed by atoms with Gasteiger partial charge in [0, 0.05) is 41.2 Å². The molecular formula is C30H26N4O2. The molecule has 0 aliphatic carbocycles. The van der Waals surface area contributed by atoms with Crippen molar-refractivity contribution in [2.45, 2.75) is 18.9 Å². The fourth-order valence-electron chi connectivity index (χ4n) is 5.40. The molecular weight excluding hydrogens is 448 g/mol. The molecule has 0 bridgehead atoms. The van der Waals surface area contributed by atoms with Gasteiger partial charge in [-0.3, -0.25) is 0 Å². The van der Waals surface area contributed by atoms with Gasteiger partial charge in [0.1, 0.15) is 0 Å². The summed E-state index contributed by atoms with van der Waals surface area (Å²) in [5, 5.41) is 1.32. The lowest BCUT2D eigenvalue weighted by Gasteiger charge is -2.35. The Balaban J connectivity index is 1.19. The summed E-state index contributed by atoms with van der Waals surface area (Å²) in [6.45, 7) is 1.23. The smallest absolute Gasteiger partial charge is 0.231 e. The van der Waals surface area contributed by atoms with E-state index in [-0.39, 0.29) is 12.8 Å². The number of aromatic nitrogens is 3. The Morgan fingerprint density at radius 2 is 1.89 bits per heavy atom. The lowest BCUT2D eigenvalue weighted by molar-refractivity contribution is 0.174. The van der Waals surface area contributed by atoms with Crippen LogP contribution in [0.25, 0.3) is 16.6 Å². The first-order chi connectivity index (χ1) is 17.8. The quantitative estimate of drug-likeness (QED) is 0.351. The van der Waals surface area contributed by atoms with Gasteiger partial charge >= 0.3 is 0 Å². The molecule has 3 aromatic carbocycles. The number of hydrogen-bond donors (Lipinski definition) is 1. The third-order valence-electron chi connectivity index (χ3n) is 7.17. The maximum atomic E-state index is 5.71. The minimum Gasteiger partial charge on any atom is -0.454 e. The number of nitrogens with zero attached hydrogens (tertiary/aromatic N) is 3. The van der Waals surface area contributed by atoms with Crippen molar-refractivity contribution < 1.29 is 9.47 Å². The largest absolute Gasteiger partial charge is 0.454 e. The van der Waals surface area contributed by atoms with Gasteiger partial charge in [0.05, 0.1) is 12.4 Å². The minimum absolute atomic E-state index is 0.0792. The minimum atomic E-state index is 0.0792. The predicted octanol–water partition coefficient (Wildman–Crippen LogP) is 5.79. The summed E-state index contributed by atoms with van der Waals surface area (Å²) in [5.41, 5.74) is 7.45. The van der Waals surface area contributed by atoms with Gasteiger partial charge in [-0.15, -0.1) is 0 Å². The van der Waals surface area contributed by atoms with E-state index in [0.29, 0.717) is 0 Å². The van der Waals surface area contributed by atoms with Crippen molar-refractivity contribution in [3.05, 3.63) is 120 Å². The third-order valence-corrected chi connectivity index (χ3v) is 7.17. The van der Waals surface area contributed by atoms with Crippen LogP contribution in [0.15, 0.2) is 97.7 Å². The van der Waals surface area contributed by atoms with Crippen LogP contribution in [-0.2, 0) is 12.8 Å². The summed E-state index contributed by atoms with van der Waals surface area (Å²) in [6.07, 6.45) is 12.0. The Morgan fingerprint density at radius 3 is 2.78 bits per heavy atom. The monoisotopic (exact) mass is 474 g/mol. The van der Waals surface area contributed by atoms with Gasteiger partial charge in [-0.1, -0.05) is 42.5 Å². The number of aromatic amines is 1. The number of fused-ring (bicyclic) bond motifs is 4. The van der Waals surface area contributed by atoms with E-state index in [0.717, 1.165) is 36.6 Å². The number of benzene rings is 3. The molecule has 2 aromatic heterocycles. The van der Waals surface area contributed by atoms with Gasteiger partial charge in [-0.05, 0) is 66.1 Å². The van der Waals surface area contributed by atoms with Crippen molar-refractivity contribution in [2.75, 3.05) is 13.3 Å². The number of para-hydroxylation sites is 1. The van der Waals surface area contributed by atoms with Gasteiger partial charge in [-0.25, -0.2) is 4.98 Å². The molecule has 5 aromatic rings. The molecule has 0 spiro atoms. The first kappa shape index (κ1) is 20.9. The second-order valence-electron chi connectivity index (χ2n) is 9.29. The number of allylic oxidation sites excluding steroid dienone is 1. The lowest BCUT2D eigenvalue weighted by Crippen LogP contribution is -2.32. The Morgan fingerprint density at radius 1 is 1.00 bits per heavy atom. The number of H-pyrrole nitrogens is 1. The Hall–Kier alpha value is -4.45. The summed E-state index contributed by atoms with van der Waals surface area (Å²) in [6, 6.07) is 23.6. The Labute approximate surface area is 209 Å². The van der Waals surface area contributed by atoms with E-state index in [1.807, 2.05) is 23.2 Å². The van der Waals surface area contributed by atoms with Gasteiger partial charge in [-0.2, -0.15) is 0 Å². The number of nitrogens with one attached hydrogen (secondary N) is 1. The number of ether oxygens (including phenoxy) is 2. The highest BCUT2D eigenvalue weighted by Gasteiger charge is 2.31. The average molecular weight is 475 g/mol. The van der Waals surface area contributed by atoms with Crippen molar-refractivity contribution in [3.63, 3.8) is 0 Å². The molecule has 178 valence electrons. The molecule has 1 N–H and O–H groups in total. The van der Waals surface area contributed by atoms with Crippen LogP contribution in [-0.4, -0.2) is 32.8 Å². The topological polar surface area (TPSA) is 55.3 Å². The van der Waals surface area contributed by atoms with Gasteiger partial charge in [0.2, 0.25) is 6.79 Å². The highest BCUT2D eigenvalue weighted by molar-refractivity contribution is 5.85. The Bertz CT molecular complexity index is 1550. The van der Waals surface area contributed by atoms with Crippen LogP contribution in [0.3, 0.4) is 0 Å². The van der Waals surface area contributed by atoms with Gasteiger partial charge in [0.25, 0.3) is 0 Å². The first-order valence-corrected chi connectivity index (χ1v) is 12.3. The third kappa shape index (κ3) is 3.62. The zero-order valence-corrected chi connectivity index (χ0v) is 19.8. The molecule has 0 fully saturated rings. The number of imidazole rings is 1. The highest BCUT2D eigenvalue weighted by Crippen LogP contribution is 2.42. The predicted molar refractivity (Wildman–Crippen MR) is 140 cm³/mol. The molecule has 7 rings (SSSR count). The van der Waals surface area contributed by atoms with Crippen LogP contribution in [0.2, 0.25) is 0 Å². The average Bonchev–Trinajstić information content (AvgIpc) is 3.68. The molecule has 36 heavy (non-hydrogen) atoms. The zero-order chi connectivity index (χ0) is 23.9. The molecule has 0 radical (unpaired) electrons. The normalized spacial score (nSPS) is 16.7. The molecule has 0 saturated carbocycles. The maximum Gasteiger partial charge on any atom is 0.231 e. The molecule has 2 aliphatic rings. The van der Waals surface area contributed by atoms with Crippen LogP contribution in [0.5, 0.6) is 11.5 Å². The van der Waals surface area contributed by atoms with Crippen LogP contribution >= 0.6 is 0 Å². The summed E-state index contributed by atoms with van der Waals surface area (Å²) < 4.78 is 13.3. The molecule has 1 unspecified atom stereocenters. The van der Waals surface area contributed by atoms with E-state index in [1.54, 1.807) is 6.20 Å². The van der Waals surface area contributed by atoms with Crippen molar-refractivity contribution in [1.82, 2.24) is 19.4 Å². The lowest BCUT2D eigenvalue weighted by atomic mass is 9.92. The summed E-state index contributed by atoms with van der Waals surface area (Å²) in [5.74, 6) is 1.63. The van der Waals surface area contributed by atoms with Crippen molar-refractivity contribution >= 4 is 10.9 Å². The molecule has 2 aliphatic heterocycles. The molecule has 6 heteroatoms. The number of rotatable bonds is 5. The van der Waals surface area contributed by atoms with Gasteiger partial charge < -0.3 is 23.9 Å². The highest BCUT2D eigenvalue weighted by atomic mass is 16.7. The fourth-order valence-corrected chi connectivity index (χ4v) is 5.40. The van der Waals surface area contributed by atoms with Crippen LogP contribution in [0, 0.1) is 0 Å². The molecule has 6 nitrogen and oxygen atoms in total. The summed E-state index contributed by atoms with van der Waals surface area (Å²) in [4.78, 5) is 10.3. The Kier molecular flexibility index (Phi) is 5.01. The van der Waals surface area contributed by atoms with Gasteiger partial charge in [0.15, 0.2) is 11.5 Å². The SMILES string of the molecule is C(=C\N1CCc2c([nH]c3ccccc23)C1c1ccc2c(c1)OCO2)/Cc1ccc(-n2ccnc2)cc1.